The van der Waals surface area contributed by atoms with Crippen molar-refractivity contribution in [2.24, 2.45) is 11.8 Å². The average Bonchev–Trinajstić information content (AvgIpc) is 3.45. The van der Waals surface area contributed by atoms with Gasteiger partial charge in [0.1, 0.15) is 17.5 Å². The molecule has 11 nitrogen and oxygen atoms in total. The quantitative estimate of drug-likeness (QED) is 0.285. The van der Waals surface area contributed by atoms with Crippen molar-refractivity contribution in [3.8, 4) is 11.5 Å². The standard InChI is InChI=1S/C29H24N4O7/c1-39-19-12-14-21(23(15-19)40-2)32-28(35)24-22-13-7-16-5-3-4-6-20(16)31(22)26(25(24)29(32)36)27(34)30-17-8-10-18(11-9-17)33(37)38/h3-15,22,24-26H,1-2H3,(H,30,34)/t22-,24+,25+,26+/m1/s1. The minimum atomic E-state index is -1.03. The molecule has 3 aliphatic rings. The van der Waals surface area contributed by atoms with E-state index in [4.69, 9.17) is 9.47 Å². The average molecular weight is 541 g/mol. The number of nitro groups is 1. The Bertz CT molecular complexity index is 1590. The molecule has 3 heterocycles. The lowest BCUT2D eigenvalue weighted by atomic mass is 9.88. The number of imide groups is 1. The van der Waals surface area contributed by atoms with E-state index in [-0.39, 0.29) is 17.1 Å². The van der Waals surface area contributed by atoms with E-state index in [0.29, 0.717) is 11.4 Å². The third kappa shape index (κ3) is 3.77. The highest BCUT2D eigenvalue weighted by molar-refractivity contribution is 6.25. The first-order valence-corrected chi connectivity index (χ1v) is 12.5. The minimum absolute atomic E-state index is 0.116. The van der Waals surface area contributed by atoms with E-state index >= 15 is 0 Å². The maximum atomic E-state index is 14.1. The number of carbonyl (C=O) groups excluding carboxylic acids is 3. The second-order valence-electron chi connectivity index (χ2n) is 9.66. The zero-order valence-corrected chi connectivity index (χ0v) is 21.5. The summed E-state index contributed by atoms with van der Waals surface area (Å²) in [6.45, 7) is 0. The second kappa shape index (κ2) is 9.53. The van der Waals surface area contributed by atoms with Gasteiger partial charge in [-0.1, -0.05) is 30.4 Å². The SMILES string of the molecule is COc1ccc(N2C(=O)[C@@H]3[C@H](C2=O)[C@@H](C(=O)Nc2ccc([N+](=O)[O-])cc2)N2c4ccccc4C=C[C@H]32)c(OC)c1. The van der Waals surface area contributed by atoms with Gasteiger partial charge < -0.3 is 19.7 Å². The fourth-order valence-corrected chi connectivity index (χ4v) is 5.90. The van der Waals surface area contributed by atoms with Crippen molar-refractivity contribution in [3.63, 3.8) is 0 Å². The summed E-state index contributed by atoms with van der Waals surface area (Å²) in [5.74, 6) is -2.46. The first kappa shape index (κ1) is 25.1. The molecule has 0 bridgehead atoms. The summed E-state index contributed by atoms with van der Waals surface area (Å²) in [5.41, 5.74) is 2.09. The van der Waals surface area contributed by atoms with Crippen LogP contribution < -0.4 is 24.6 Å². The Balaban J connectivity index is 1.42. The van der Waals surface area contributed by atoms with Crippen LogP contribution in [0.15, 0.2) is 72.8 Å². The Labute approximate surface area is 228 Å². The molecule has 11 heteroatoms. The highest BCUT2D eigenvalue weighted by Gasteiger charge is 2.64. The summed E-state index contributed by atoms with van der Waals surface area (Å²) < 4.78 is 10.7. The molecule has 3 aliphatic heterocycles. The van der Waals surface area contributed by atoms with Crippen LogP contribution >= 0.6 is 0 Å². The van der Waals surface area contributed by atoms with E-state index in [1.165, 1.54) is 38.5 Å². The molecule has 0 aliphatic carbocycles. The van der Waals surface area contributed by atoms with Gasteiger partial charge in [-0.3, -0.25) is 24.5 Å². The van der Waals surface area contributed by atoms with Gasteiger partial charge in [0.05, 0.1) is 42.7 Å². The Morgan fingerprint density at radius 2 is 1.65 bits per heavy atom. The molecular weight excluding hydrogens is 516 g/mol. The zero-order chi connectivity index (χ0) is 28.1. The predicted molar refractivity (Wildman–Crippen MR) is 146 cm³/mol. The van der Waals surface area contributed by atoms with Gasteiger partial charge in [0.15, 0.2) is 0 Å². The number of carbonyl (C=O) groups is 3. The lowest BCUT2D eigenvalue weighted by molar-refractivity contribution is -0.384. The number of nitrogens with zero attached hydrogens (tertiary/aromatic N) is 3. The molecule has 0 unspecified atom stereocenters. The number of nitrogens with one attached hydrogen (secondary N) is 1. The number of non-ortho nitro benzene ring substituents is 1. The molecule has 0 aromatic heterocycles. The molecule has 0 radical (unpaired) electrons. The molecule has 6 rings (SSSR count). The number of anilines is 3. The normalized spacial score (nSPS) is 22.4. The van der Waals surface area contributed by atoms with Gasteiger partial charge in [-0.25, -0.2) is 4.90 Å². The van der Waals surface area contributed by atoms with Crippen LogP contribution in [0.5, 0.6) is 11.5 Å². The van der Waals surface area contributed by atoms with Crippen molar-refractivity contribution in [3.05, 3.63) is 88.5 Å². The molecule has 202 valence electrons. The summed E-state index contributed by atoms with van der Waals surface area (Å²) in [6.07, 6.45) is 3.76. The van der Waals surface area contributed by atoms with E-state index in [9.17, 15) is 24.5 Å². The molecule has 3 aromatic carbocycles. The second-order valence-corrected chi connectivity index (χ2v) is 9.66. The molecule has 0 spiro atoms. The Morgan fingerprint density at radius 1 is 0.925 bits per heavy atom. The number of hydrogen-bond donors (Lipinski definition) is 1. The summed E-state index contributed by atoms with van der Waals surface area (Å²) in [7, 11) is 2.94. The monoisotopic (exact) mass is 540 g/mol. The largest absolute Gasteiger partial charge is 0.497 e. The number of amides is 3. The van der Waals surface area contributed by atoms with Crippen molar-refractivity contribution < 1.29 is 28.8 Å². The highest BCUT2D eigenvalue weighted by Crippen LogP contribution is 2.50. The van der Waals surface area contributed by atoms with Crippen molar-refractivity contribution in [2.75, 3.05) is 29.3 Å². The van der Waals surface area contributed by atoms with E-state index in [1.807, 2.05) is 41.3 Å². The number of ether oxygens (including phenoxy) is 2. The molecule has 2 saturated heterocycles. The summed E-state index contributed by atoms with van der Waals surface area (Å²) in [5, 5.41) is 13.9. The molecule has 1 N–H and O–H groups in total. The van der Waals surface area contributed by atoms with Gasteiger partial charge in [-0.15, -0.1) is 0 Å². The Hall–Kier alpha value is -5.19. The van der Waals surface area contributed by atoms with Crippen LogP contribution in [-0.2, 0) is 14.4 Å². The lowest BCUT2D eigenvalue weighted by Gasteiger charge is -2.36. The van der Waals surface area contributed by atoms with E-state index < -0.39 is 46.6 Å². The number of nitro benzene ring substituents is 1. The van der Waals surface area contributed by atoms with Crippen LogP contribution in [0.25, 0.3) is 6.08 Å². The molecule has 40 heavy (non-hydrogen) atoms. The highest BCUT2D eigenvalue weighted by atomic mass is 16.6. The number of rotatable bonds is 6. The number of fused-ring (bicyclic) bond motifs is 5. The number of benzene rings is 3. The van der Waals surface area contributed by atoms with Crippen LogP contribution in [0.2, 0.25) is 0 Å². The molecule has 3 aromatic rings. The minimum Gasteiger partial charge on any atom is -0.497 e. The van der Waals surface area contributed by atoms with Crippen LogP contribution in [0.3, 0.4) is 0 Å². The van der Waals surface area contributed by atoms with E-state index in [0.717, 1.165) is 16.2 Å². The van der Waals surface area contributed by atoms with Gasteiger partial charge in [0.25, 0.3) is 5.69 Å². The van der Waals surface area contributed by atoms with Crippen LogP contribution in [0.1, 0.15) is 5.56 Å². The van der Waals surface area contributed by atoms with Crippen molar-refractivity contribution in [1.82, 2.24) is 0 Å². The third-order valence-electron chi connectivity index (χ3n) is 7.66. The lowest BCUT2D eigenvalue weighted by Crippen LogP contribution is -2.50. The smallest absolute Gasteiger partial charge is 0.269 e. The van der Waals surface area contributed by atoms with Gasteiger partial charge in [0, 0.05) is 29.6 Å². The van der Waals surface area contributed by atoms with Crippen molar-refractivity contribution in [2.45, 2.75) is 12.1 Å². The maximum absolute atomic E-state index is 14.1. The summed E-state index contributed by atoms with van der Waals surface area (Å²) >= 11 is 0. The Kier molecular flexibility index (Phi) is 5.98. The van der Waals surface area contributed by atoms with Gasteiger partial charge in [-0.2, -0.15) is 0 Å². The summed E-state index contributed by atoms with van der Waals surface area (Å²) in [4.78, 5) is 55.4. The fraction of sp³-hybridized carbons (Fsp3) is 0.207. The van der Waals surface area contributed by atoms with Crippen molar-refractivity contribution in [1.29, 1.82) is 0 Å². The topological polar surface area (TPSA) is 131 Å². The molecule has 4 atom stereocenters. The number of hydrogen-bond acceptors (Lipinski definition) is 8. The van der Waals surface area contributed by atoms with Gasteiger partial charge >= 0.3 is 0 Å². The summed E-state index contributed by atoms with van der Waals surface area (Å²) in [6, 6.07) is 16.2. The zero-order valence-electron chi connectivity index (χ0n) is 21.5. The Morgan fingerprint density at radius 3 is 2.35 bits per heavy atom. The predicted octanol–water partition coefficient (Wildman–Crippen LogP) is 3.64. The third-order valence-corrected chi connectivity index (χ3v) is 7.66. The first-order valence-electron chi connectivity index (χ1n) is 12.5. The molecular formula is C29H24N4O7. The van der Waals surface area contributed by atoms with Gasteiger partial charge in [-0.05, 0) is 35.9 Å². The molecule has 3 amide bonds. The first-order chi connectivity index (χ1) is 19.3. The van der Waals surface area contributed by atoms with Gasteiger partial charge in [0.2, 0.25) is 17.7 Å². The number of para-hydroxylation sites is 1. The maximum Gasteiger partial charge on any atom is 0.269 e. The van der Waals surface area contributed by atoms with Crippen LogP contribution in [0, 0.1) is 22.0 Å². The van der Waals surface area contributed by atoms with E-state index in [1.54, 1.807) is 18.2 Å². The molecule has 0 saturated carbocycles. The molecule has 2 fully saturated rings. The van der Waals surface area contributed by atoms with Crippen LogP contribution in [0.4, 0.5) is 22.7 Å². The van der Waals surface area contributed by atoms with Crippen LogP contribution in [-0.4, -0.2) is 48.9 Å². The van der Waals surface area contributed by atoms with Crippen molar-refractivity contribution >= 4 is 46.5 Å². The van der Waals surface area contributed by atoms with E-state index in [2.05, 4.69) is 5.32 Å². The number of methoxy groups -OCH3 is 2. The fourth-order valence-electron chi connectivity index (χ4n) is 5.90.